The number of thioether (sulfide) groups is 1. The summed E-state index contributed by atoms with van der Waals surface area (Å²) in [5, 5.41) is 3.46. The van der Waals surface area contributed by atoms with E-state index in [0.29, 0.717) is 5.92 Å². The minimum Gasteiger partial charge on any atom is -0.324 e. The summed E-state index contributed by atoms with van der Waals surface area (Å²) in [5.41, 5.74) is 1.44. The Hall–Kier alpha value is -0.440. The van der Waals surface area contributed by atoms with Gasteiger partial charge in [-0.25, -0.2) is 0 Å². The summed E-state index contributed by atoms with van der Waals surface area (Å²) in [6, 6.07) is 0. The van der Waals surface area contributed by atoms with E-state index in [4.69, 9.17) is 0 Å². The molecule has 12 heavy (non-hydrogen) atoms. The lowest BCUT2D eigenvalue weighted by molar-refractivity contribution is 0.440. The second-order valence-corrected chi connectivity index (χ2v) is 4.32. The van der Waals surface area contributed by atoms with Gasteiger partial charge in [-0.15, -0.1) is 0 Å². The van der Waals surface area contributed by atoms with Crippen LogP contribution in [0.15, 0.2) is 16.1 Å². The topological polar surface area (TPSA) is 15.6 Å². The van der Waals surface area contributed by atoms with Gasteiger partial charge in [-0.3, -0.25) is 4.99 Å². The van der Waals surface area contributed by atoms with Gasteiger partial charge in [-0.1, -0.05) is 25.6 Å². The molecule has 2 heterocycles. The van der Waals surface area contributed by atoms with Gasteiger partial charge >= 0.3 is 0 Å². The Morgan fingerprint density at radius 3 is 3.17 bits per heavy atom. The average Bonchev–Trinajstić information content (AvgIpc) is 2.47. The van der Waals surface area contributed by atoms with Crippen molar-refractivity contribution < 1.29 is 0 Å². The van der Waals surface area contributed by atoms with Gasteiger partial charge in [0.2, 0.25) is 0 Å². The van der Waals surface area contributed by atoms with Crippen molar-refractivity contribution in [3.8, 4) is 0 Å². The Morgan fingerprint density at radius 2 is 2.42 bits per heavy atom. The fourth-order valence-electron chi connectivity index (χ4n) is 1.55. The van der Waals surface area contributed by atoms with Crippen LogP contribution in [0.25, 0.3) is 0 Å². The lowest BCUT2D eigenvalue weighted by Gasteiger charge is -2.27. The van der Waals surface area contributed by atoms with E-state index in [2.05, 4.69) is 29.1 Å². The maximum absolute atomic E-state index is 4.48. The van der Waals surface area contributed by atoms with Crippen molar-refractivity contribution >= 4 is 16.9 Å². The minimum absolute atomic E-state index is 0.628. The highest BCUT2D eigenvalue weighted by Crippen LogP contribution is 2.32. The van der Waals surface area contributed by atoms with Crippen LogP contribution in [0.5, 0.6) is 0 Å². The van der Waals surface area contributed by atoms with Gasteiger partial charge in [0, 0.05) is 18.8 Å². The molecule has 0 saturated heterocycles. The second kappa shape index (κ2) is 3.13. The number of amidine groups is 1. The Morgan fingerprint density at radius 1 is 1.58 bits per heavy atom. The first-order valence-corrected chi connectivity index (χ1v) is 5.35. The normalized spacial score (nSPS) is 22.4. The van der Waals surface area contributed by atoms with Gasteiger partial charge in [-0.05, 0) is 17.7 Å². The van der Waals surface area contributed by atoms with Gasteiger partial charge in [0.15, 0.2) is 5.17 Å². The molecular formula is C9H14N2S. The van der Waals surface area contributed by atoms with Crippen LogP contribution in [0.2, 0.25) is 0 Å². The number of aliphatic imine (C=N–C) groups is 1. The smallest absolute Gasteiger partial charge is 0.167 e. The Balaban J connectivity index is 2.19. The lowest BCUT2D eigenvalue weighted by atomic mass is 10.1. The molecule has 2 rings (SSSR count). The van der Waals surface area contributed by atoms with Crippen molar-refractivity contribution in [1.82, 2.24) is 4.90 Å². The zero-order valence-corrected chi connectivity index (χ0v) is 8.40. The number of nitrogens with zero attached hydrogens (tertiary/aromatic N) is 2. The lowest BCUT2D eigenvalue weighted by Crippen LogP contribution is -2.31. The van der Waals surface area contributed by atoms with Crippen LogP contribution in [0.1, 0.15) is 20.3 Å². The molecular weight excluding hydrogens is 168 g/mol. The summed E-state index contributed by atoms with van der Waals surface area (Å²) in [7, 11) is 0. The summed E-state index contributed by atoms with van der Waals surface area (Å²) in [5.74, 6) is 0.628. The molecule has 0 spiro atoms. The van der Waals surface area contributed by atoms with Crippen molar-refractivity contribution in [2.45, 2.75) is 20.3 Å². The third kappa shape index (κ3) is 1.26. The van der Waals surface area contributed by atoms with Crippen LogP contribution in [0.4, 0.5) is 0 Å². The average molecular weight is 182 g/mol. The molecule has 0 fully saturated rings. The van der Waals surface area contributed by atoms with E-state index in [1.54, 1.807) is 11.8 Å². The van der Waals surface area contributed by atoms with Crippen molar-refractivity contribution in [2.24, 2.45) is 10.9 Å². The highest BCUT2D eigenvalue weighted by atomic mass is 32.2. The number of fused-ring (bicyclic) bond motifs is 1. The quantitative estimate of drug-likeness (QED) is 0.618. The Labute approximate surface area is 77.7 Å². The van der Waals surface area contributed by atoms with Gasteiger partial charge in [-0.2, -0.15) is 0 Å². The molecule has 0 aromatic rings. The standard InChI is InChI=1S/C9H14N2S/c1-7(2)8-6-12-9-10-4-3-5-11(8)9/h6-7H,3-5H2,1-2H3. The van der Waals surface area contributed by atoms with Crippen LogP contribution in [0, 0.1) is 5.92 Å². The summed E-state index contributed by atoms with van der Waals surface area (Å²) < 4.78 is 0. The largest absolute Gasteiger partial charge is 0.324 e. The van der Waals surface area contributed by atoms with Gasteiger partial charge < -0.3 is 4.90 Å². The van der Waals surface area contributed by atoms with Crippen molar-refractivity contribution in [3.05, 3.63) is 11.1 Å². The van der Waals surface area contributed by atoms with Gasteiger partial charge in [0.25, 0.3) is 0 Å². The zero-order chi connectivity index (χ0) is 8.55. The van der Waals surface area contributed by atoms with Crippen molar-refractivity contribution in [3.63, 3.8) is 0 Å². The molecule has 0 amide bonds. The molecule has 0 bridgehead atoms. The van der Waals surface area contributed by atoms with E-state index in [-0.39, 0.29) is 0 Å². The van der Waals surface area contributed by atoms with Gasteiger partial charge in [0.1, 0.15) is 0 Å². The second-order valence-electron chi connectivity index (χ2n) is 3.48. The molecule has 2 nitrogen and oxygen atoms in total. The third-order valence-corrected chi connectivity index (χ3v) is 3.13. The molecule has 0 aromatic heterocycles. The molecule has 66 valence electrons. The van der Waals surface area contributed by atoms with Crippen molar-refractivity contribution in [1.29, 1.82) is 0 Å². The van der Waals surface area contributed by atoms with E-state index < -0.39 is 0 Å². The molecule has 3 heteroatoms. The summed E-state index contributed by atoms with van der Waals surface area (Å²) >= 11 is 1.78. The highest BCUT2D eigenvalue weighted by molar-refractivity contribution is 8.16. The van der Waals surface area contributed by atoms with Crippen LogP contribution in [0.3, 0.4) is 0 Å². The fraction of sp³-hybridized carbons (Fsp3) is 0.667. The summed E-state index contributed by atoms with van der Waals surface area (Å²) in [4.78, 5) is 6.84. The number of hydrogen-bond donors (Lipinski definition) is 0. The minimum atomic E-state index is 0.628. The Bertz CT molecular complexity index is 243. The first-order valence-electron chi connectivity index (χ1n) is 4.48. The molecule has 0 radical (unpaired) electrons. The number of allylic oxidation sites excluding steroid dienone is 1. The molecule has 0 atom stereocenters. The fourth-order valence-corrected chi connectivity index (χ4v) is 2.66. The molecule has 0 unspecified atom stereocenters. The van der Waals surface area contributed by atoms with Crippen LogP contribution in [-0.2, 0) is 0 Å². The number of rotatable bonds is 1. The molecule has 2 aliphatic rings. The van der Waals surface area contributed by atoms with E-state index in [9.17, 15) is 0 Å². The SMILES string of the molecule is CC(C)C1=CSC2=NCCCN12. The summed E-state index contributed by atoms with van der Waals surface area (Å²) in [6.45, 7) is 6.65. The predicted octanol–water partition coefficient (Wildman–Crippen LogP) is 2.29. The van der Waals surface area contributed by atoms with Crippen LogP contribution in [-0.4, -0.2) is 23.2 Å². The maximum atomic E-state index is 4.48. The van der Waals surface area contributed by atoms with E-state index in [1.807, 2.05) is 0 Å². The van der Waals surface area contributed by atoms with E-state index >= 15 is 0 Å². The van der Waals surface area contributed by atoms with E-state index in [0.717, 1.165) is 13.1 Å². The predicted molar refractivity (Wildman–Crippen MR) is 54.1 cm³/mol. The summed E-state index contributed by atoms with van der Waals surface area (Å²) in [6.07, 6.45) is 1.20. The Kier molecular flexibility index (Phi) is 2.13. The molecule has 0 N–H and O–H groups in total. The van der Waals surface area contributed by atoms with E-state index in [1.165, 1.54) is 17.3 Å². The highest BCUT2D eigenvalue weighted by Gasteiger charge is 2.25. The van der Waals surface area contributed by atoms with Crippen molar-refractivity contribution in [2.75, 3.05) is 13.1 Å². The maximum Gasteiger partial charge on any atom is 0.167 e. The monoisotopic (exact) mass is 182 g/mol. The van der Waals surface area contributed by atoms with Gasteiger partial charge in [0.05, 0.1) is 0 Å². The molecule has 0 aromatic carbocycles. The van der Waals surface area contributed by atoms with Crippen LogP contribution >= 0.6 is 11.8 Å². The molecule has 2 aliphatic heterocycles. The molecule has 0 aliphatic carbocycles. The number of hydrogen-bond acceptors (Lipinski definition) is 3. The zero-order valence-electron chi connectivity index (χ0n) is 7.58. The molecule has 0 saturated carbocycles. The first kappa shape index (κ1) is 8.17. The van der Waals surface area contributed by atoms with Crippen LogP contribution < -0.4 is 0 Å². The first-order chi connectivity index (χ1) is 5.79. The third-order valence-electron chi connectivity index (χ3n) is 2.21.